The van der Waals surface area contributed by atoms with E-state index in [-0.39, 0.29) is 24.4 Å². The number of aromatic nitrogens is 2. The number of rotatable bonds is 6. The monoisotopic (exact) mass is 500 g/mol. The molecule has 0 fully saturated rings. The van der Waals surface area contributed by atoms with Crippen molar-refractivity contribution < 1.29 is 28.5 Å². The summed E-state index contributed by atoms with van der Waals surface area (Å²) in [6, 6.07) is 0. The third kappa shape index (κ3) is 6.40. The molecule has 0 radical (unpaired) electrons. The van der Waals surface area contributed by atoms with Crippen molar-refractivity contribution in [3.8, 4) is 0 Å². The summed E-state index contributed by atoms with van der Waals surface area (Å²) in [5.74, 6) is 0. The molecule has 2 aliphatic carbocycles. The van der Waals surface area contributed by atoms with Gasteiger partial charge in [-0.25, -0.2) is 14.8 Å². The summed E-state index contributed by atoms with van der Waals surface area (Å²) in [7, 11) is 6.79. The van der Waals surface area contributed by atoms with Crippen molar-refractivity contribution in [2.45, 2.75) is 57.0 Å². The predicted molar refractivity (Wildman–Crippen MR) is 127 cm³/mol. The Balaban J connectivity index is 0.000000194. The normalized spacial score (nSPS) is 23.7. The smallest absolute Gasteiger partial charge is 0.413 e. The average Bonchev–Trinajstić information content (AvgIpc) is 3.39. The molecule has 184 valence electrons. The summed E-state index contributed by atoms with van der Waals surface area (Å²) < 4.78 is 26.4. The van der Waals surface area contributed by atoms with Crippen LogP contribution in [0.5, 0.6) is 0 Å². The Morgan fingerprint density at radius 3 is 2.00 bits per heavy atom. The zero-order chi connectivity index (χ0) is 24.0. The Labute approximate surface area is 201 Å². The van der Waals surface area contributed by atoms with Crippen LogP contribution in [-0.4, -0.2) is 63.3 Å². The molecule has 2 aliphatic rings. The highest BCUT2D eigenvalue weighted by Crippen LogP contribution is 2.39. The predicted octanol–water partition coefficient (Wildman–Crippen LogP) is 3.73. The van der Waals surface area contributed by atoms with Crippen LogP contribution < -0.4 is 11.1 Å². The number of fused-ring (bicyclic) bond motifs is 2. The molecule has 0 aromatic carbocycles. The summed E-state index contributed by atoms with van der Waals surface area (Å²) in [5, 5.41) is 3.79. The molecule has 0 saturated heterocycles. The molecule has 12 heteroatoms. The van der Waals surface area contributed by atoms with Crippen LogP contribution in [-0.2, 0) is 36.5 Å². The largest absolute Gasteiger partial charge is 0.450 e. The van der Waals surface area contributed by atoms with E-state index in [1.807, 2.05) is 0 Å². The first-order chi connectivity index (χ1) is 15.9. The average molecular weight is 501 g/mol. The minimum Gasteiger partial charge on any atom is -0.450 e. The van der Waals surface area contributed by atoms with E-state index >= 15 is 0 Å². The molecule has 0 aliphatic heterocycles. The van der Waals surface area contributed by atoms with E-state index in [1.54, 1.807) is 35.4 Å². The molecule has 33 heavy (non-hydrogen) atoms. The molecule has 0 bridgehead atoms. The maximum absolute atomic E-state index is 11.4. The molecule has 3 N–H and O–H groups in total. The second-order valence-corrected chi connectivity index (χ2v) is 9.68. The molecular weight excluding hydrogens is 468 g/mol. The number of carbonyl (C=O) groups is 1. The molecule has 2 aromatic heterocycles. The molecule has 10 nitrogen and oxygen atoms in total. The molecule has 4 rings (SSSR count). The summed E-state index contributed by atoms with van der Waals surface area (Å²) in [4.78, 5) is 22.3. The van der Waals surface area contributed by atoms with Gasteiger partial charge in [-0.2, -0.15) is 0 Å². The first-order valence-electron chi connectivity index (χ1n) is 10.7. The van der Waals surface area contributed by atoms with E-state index in [1.165, 1.54) is 27.6 Å². The van der Waals surface area contributed by atoms with Crippen molar-refractivity contribution in [2.24, 2.45) is 0 Å². The quantitative estimate of drug-likeness (QED) is 0.610. The summed E-state index contributed by atoms with van der Waals surface area (Å²) >= 11 is 2.95. The van der Waals surface area contributed by atoms with Crippen LogP contribution in [0.1, 0.15) is 53.1 Å². The van der Waals surface area contributed by atoms with Gasteiger partial charge in [-0.3, -0.25) is 5.32 Å². The zero-order valence-corrected chi connectivity index (χ0v) is 21.2. The molecule has 1 amide bonds. The van der Waals surface area contributed by atoms with Crippen molar-refractivity contribution in [1.82, 2.24) is 9.97 Å². The maximum Gasteiger partial charge on any atom is 0.413 e. The lowest BCUT2D eigenvalue weighted by atomic mass is 9.97. The third-order valence-corrected chi connectivity index (χ3v) is 7.70. The number of ether oxygens (including phenoxy) is 5. The van der Waals surface area contributed by atoms with Gasteiger partial charge in [0.2, 0.25) is 0 Å². The van der Waals surface area contributed by atoms with Gasteiger partial charge in [0.15, 0.2) is 10.3 Å². The fraction of sp³-hybridized carbons (Fsp3) is 0.667. The number of anilines is 2. The van der Waals surface area contributed by atoms with E-state index in [0.29, 0.717) is 16.9 Å². The standard InChI is InChI=1S/C12H18N2O4S.C9H14N2O2S/c1-4-18-12(15)14-11-13-8-5-7(16-2)6-9(17-3)10(8)19-11;1-12-5-3-6-8(7(4-5)13-2)14-9(10)11-6/h7,9H,4-6H2,1-3H3,(H,13,14,15);5,7H,3-4H2,1-2H3,(H2,10,11). The van der Waals surface area contributed by atoms with Gasteiger partial charge in [-0.15, -0.1) is 0 Å². The van der Waals surface area contributed by atoms with E-state index in [9.17, 15) is 4.79 Å². The van der Waals surface area contributed by atoms with Gasteiger partial charge >= 0.3 is 6.09 Å². The molecule has 4 atom stereocenters. The van der Waals surface area contributed by atoms with Gasteiger partial charge in [0.05, 0.1) is 52.2 Å². The lowest BCUT2D eigenvalue weighted by Crippen LogP contribution is -2.24. The minimum absolute atomic E-state index is 0.0241. The number of hydrogen-bond donors (Lipinski definition) is 2. The number of hydrogen-bond acceptors (Lipinski definition) is 11. The number of carbonyl (C=O) groups excluding carboxylic acids is 1. The van der Waals surface area contributed by atoms with Crippen LogP contribution in [0.4, 0.5) is 15.1 Å². The Morgan fingerprint density at radius 2 is 1.48 bits per heavy atom. The van der Waals surface area contributed by atoms with Crippen molar-refractivity contribution >= 4 is 39.0 Å². The number of methoxy groups -OCH3 is 4. The Morgan fingerprint density at radius 1 is 0.939 bits per heavy atom. The zero-order valence-electron chi connectivity index (χ0n) is 19.6. The van der Waals surface area contributed by atoms with Crippen LogP contribution in [0.15, 0.2) is 0 Å². The van der Waals surface area contributed by atoms with E-state index < -0.39 is 6.09 Å². The summed E-state index contributed by atoms with van der Waals surface area (Å²) in [6.45, 7) is 2.10. The van der Waals surface area contributed by atoms with Crippen LogP contribution in [0.2, 0.25) is 0 Å². The fourth-order valence-electron chi connectivity index (χ4n) is 3.90. The van der Waals surface area contributed by atoms with Crippen LogP contribution in [0.3, 0.4) is 0 Å². The van der Waals surface area contributed by atoms with E-state index in [4.69, 9.17) is 29.4 Å². The van der Waals surface area contributed by atoms with Crippen molar-refractivity contribution in [2.75, 3.05) is 46.1 Å². The van der Waals surface area contributed by atoms with Gasteiger partial charge in [0, 0.05) is 54.1 Å². The van der Waals surface area contributed by atoms with Crippen molar-refractivity contribution in [3.63, 3.8) is 0 Å². The van der Waals surface area contributed by atoms with Crippen LogP contribution in [0, 0.1) is 0 Å². The highest BCUT2D eigenvalue weighted by molar-refractivity contribution is 7.16. The van der Waals surface area contributed by atoms with Crippen molar-refractivity contribution in [3.05, 3.63) is 21.1 Å². The van der Waals surface area contributed by atoms with Gasteiger partial charge in [0.1, 0.15) is 0 Å². The van der Waals surface area contributed by atoms with Gasteiger partial charge in [0.25, 0.3) is 0 Å². The second-order valence-electron chi connectivity index (χ2n) is 7.58. The summed E-state index contributed by atoms with van der Waals surface area (Å²) in [5.41, 5.74) is 7.64. The topological polar surface area (TPSA) is 127 Å². The molecular formula is C21H32N4O6S2. The minimum atomic E-state index is -0.481. The van der Waals surface area contributed by atoms with Crippen LogP contribution >= 0.6 is 22.7 Å². The first kappa shape index (κ1) is 25.8. The third-order valence-electron chi connectivity index (χ3n) is 5.57. The molecule has 0 spiro atoms. The fourth-order valence-corrected chi connectivity index (χ4v) is 5.93. The van der Waals surface area contributed by atoms with E-state index in [0.717, 1.165) is 41.9 Å². The lowest BCUT2D eigenvalue weighted by molar-refractivity contribution is 0.0129. The Hall–Kier alpha value is -1.83. The number of thiazole rings is 2. The number of amides is 1. The lowest BCUT2D eigenvalue weighted by Gasteiger charge is -2.26. The highest BCUT2D eigenvalue weighted by atomic mass is 32.1. The number of nitrogens with one attached hydrogen (secondary N) is 1. The second kappa shape index (κ2) is 12.0. The molecule has 2 aromatic rings. The molecule has 0 saturated carbocycles. The number of nitrogens with two attached hydrogens (primary N) is 1. The van der Waals surface area contributed by atoms with Gasteiger partial charge < -0.3 is 29.4 Å². The van der Waals surface area contributed by atoms with Crippen LogP contribution in [0.25, 0.3) is 0 Å². The number of nitrogen functional groups attached to an aromatic ring is 1. The van der Waals surface area contributed by atoms with Gasteiger partial charge in [-0.1, -0.05) is 22.7 Å². The first-order valence-corrected chi connectivity index (χ1v) is 12.3. The maximum atomic E-state index is 11.4. The summed E-state index contributed by atoms with van der Waals surface area (Å²) in [6.07, 6.45) is 3.19. The van der Waals surface area contributed by atoms with Crippen molar-refractivity contribution in [1.29, 1.82) is 0 Å². The SMILES string of the molecule is CCOC(=O)Nc1nc2c(s1)C(OC)CC(OC)C2.COC1Cc2nc(N)sc2C(OC)C1. The molecule has 4 unspecified atom stereocenters. The highest BCUT2D eigenvalue weighted by Gasteiger charge is 2.31. The van der Waals surface area contributed by atoms with E-state index in [2.05, 4.69) is 15.3 Å². The Bertz CT molecular complexity index is 921. The van der Waals surface area contributed by atoms with Gasteiger partial charge in [-0.05, 0) is 6.92 Å². The molecule has 2 heterocycles. The Kier molecular flexibility index (Phi) is 9.41. The number of nitrogens with zero attached hydrogens (tertiary/aromatic N) is 2.